The predicted octanol–water partition coefficient (Wildman–Crippen LogP) is 1.49. The quantitative estimate of drug-likeness (QED) is 0.773. The van der Waals surface area contributed by atoms with Crippen LogP contribution in [0.5, 0.6) is 5.75 Å². The molecule has 0 aliphatic heterocycles. The molecule has 1 aromatic carbocycles. The van der Waals surface area contributed by atoms with E-state index in [0.29, 0.717) is 6.61 Å². The van der Waals surface area contributed by atoms with Gasteiger partial charge in [-0.1, -0.05) is 18.2 Å². The zero-order valence-electron chi connectivity index (χ0n) is 9.27. The summed E-state index contributed by atoms with van der Waals surface area (Å²) in [6, 6.07) is 7.85. The molecule has 0 saturated carbocycles. The van der Waals surface area contributed by atoms with Crippen LogP contribution in [0, 0.1) is 5.92 Å². The van der Waals surface area contributed by atoms with Gasteiger partial charge in [-0.25, -0.2) is 0 Å². The van der Waals surface area contributed by atoms with Crippen molar-refractivity contribution in [2.24, 2.45) is 5.92 Å². The van der Waals surface area contributed by atoms with E-state index in [0.717, 1.165) is 17.7 Å². The maximum absolute atomic E-state index is 9.16. The summed E-state index contributed by atoms with van der Waals surface area (Å²) in [6.45, 7) is 0.695. The Bertz CT molecular complexity index is 286. The number of aliphatic hydroxyl groups is 1. The van der Waals surface area contributed by atoms with E-state index >= 15 is 0 Å². The minimum atomic E-state index is 0.131. The Morgan fingerprint density at radius 3 is 2.60 bits per heavy atom. The lowest BCUT2D eigenvalue weighted by atomic mass is 10.00. The second-order valence-corrected chi connectivity index (χ2v) is 3.52. The molecular weight excluding hydrogens is 192 g/mol. The Labute approximate surface area is 90.6 Å². The SMILES string of the molecule is COCC(CO)Cc1ccccc1OC. The Balaban J connectivity index is 2.69. The van der Waals surface area contributed by atoms with Crippen LogP contribution in [0.15, 0.2) is 24.3 Å². The van der Waals surface area contributed by atoms with Gasteiger partial charge in [0.1, 0.15) is 5.75 Å². The van der Waals surface area contributed by atoms with E-state index in [1.165, 1.54) is 0 Å². The molecule has 0 radical (unpaired) electrons. The third-order valence-electron chi connectivity index (χ3n) is 2.36. The van der Waals surface area contributed by atoms with Gasteiger partial charge in [0.05, 0.1) is 13.7 Å². The largest absolute Gasteiger partial charge is 0.496 e. The molecule has 1 rings (SSSR count). The van der Waals surface area contributed by atoms with Crippen molar-refractivity contribution in [3.63, 3.8) is 0 Å². The molecular formula is C12H18O3. The Hall–Kier alpha value is -1.06. The van der Waals surface area contributed by atoms with E-state index in [1.807, 2.05) is 24.3 Å². The molecule has 84 valence electrons. The molecule has 1 atom stereocenters. The first kappa shape index (κ1) is 12.0. The van der Waals surface area contributed by atoms with Crippen molar-refractivity contribution in [3.05, 3.63) is 29.8 Å². The van der Waals surface area contributed by atoms with Crippen molar-refractivity contribution in [3.8, 4) is 5.75 Å². The highest BCUT2D eigenvalue weighted by Crippen LogP contribution is 2.20. The van der Waals surface area contributed by atoms with Gasteiger partial charge in [0.15, 0.2) is 0 Å². The summed E-state index contributed by atoms with van der Waals surface area (Å²) in [4.78, 5) is 0. The number of para-hydroxylation sites is 1. The summed E-state index contributed by atoms with van der Waals surface area (Å²) in [5.74, 6) is 0.998. The average molecular weight is 210 g/mol. The first-order valence-electron chi connectivity index (χ1n) is 5.03. The highest BCUT2D eigenvalue weighted by molar-refractivity contribution is 5.33. The summed E-state index contributed by atoms with van der Waals surface area (Å²) in [5.41, 5.74) is 1.11. The Kier molecular flexibility index (Phi) is 5.15. The molecule has 15 heavy (non-hydrogen) atoms. The molecule has 1 unspecified atom stereocenters. The molecule has 1 aromatic rings. The molecule has 3 heteroatoms. The van der Waals surface area contributed by atoms with Crippen molar-refractivity contribution in [1.29, 1.82) is 0 Å². The monoisotopic (exact) mass is 210 g/mol. The number of aliphatic hydroxyl groups excluding tert-OH is 1. The molecule has 0 heterocycles. The number of hydrogen-bond donors (Lipinski definition) is 1. The number of benzene rings is 1. The molecule has 0 saturated heterocycles. The van der Waals surface area contributed by atoms with Gasteiger partial charge in [-0.15, -0.1) is 0 Å². The van der Waals surface area contributed by atoms with Crippen LogP contribution in [0.4, 0.5) is 0 Å². The van der Waals surface area contributed by atoms with Gasteiger partial charge in [0, 0.05) is 19.6 Å². The van der Waals surface area contributed by atoms with Crippen LogP contribution in [-0.4, -0.2) is 32.5 Å². The van der Waals surface area contributed by atoms with Crippen molar-refractivity contribution in [1.82, 2.24) is 0 Å². The summed E-state index contributed by atoms with van der Waals surface area (Å²) >= 11 is 0. The first-order chi connectivity index (χ1) is 7.31. The van der Waals surface area contributed by atoms with E-state index in [-0.39, 0.29) is 12.5 Å². The predicted molar refractivity (Wildman–Crippen MR) is 59.1 cm³/mol. The topological polar surface area (TPSA) is 38.7 Å². The molecule has 1 N–H and O–H groups in total. The third-order valence-corrected chi connectivity index (χ3v) is 2.36. The maximum atomic E-state index is 9.16. The van der Waals surface area contributed by atoms with Gasteiger partial charge < -0.3 is 14.6 Å². The number of methoxy groups -OCH3 is 2. The molecule has 0 aromatic heterocycles. The van der Waals surface area contributed by atoms with Gasteiger partial charge in [-0.05, 0) is 18.1 Å². The van der Waals surface area contributed by atoms with Crippen molar-refractivity contribution >= 4 is 0 Å². The first-order valence-corrected chi connectivity index (χ1v) is 5.03. The van der Waals surface area contributed by atoms with E-state index in [4.69, 9.17) is 14.6 Å². The molecule has 0 amide bonds. The van der Waals surface area contributed by atoms with Gasteiger partial charge in [-0.2, -0.15) is 0 Å². The van der Waals surface area contributed by atoms with E-state index in [9.17, 15) is 0 Å². The fraction of sp³-hybridized carbons (Fsp3) is 0.500. The van der Waals surface area contributed by atoms with E-state index < -0.39 is 0 Å². The molecule has 0 aliphatic rings. The summed E-state index contributed by atoms with van der Waals surface area (Å²) in [7, 11) is 3.30. The zero-order valence-corrected chi connectivity index (χ0v) is 9.27. The fourth-order valence-corrected chi connectivity index (χ4v) is 1.59. The summed E-state index contributed by atoms with van der Waals surface area (Å²) < 4.78 is 10.3. The van der Waals surface area contributed by atoms with E-state index in [1.54, 1.807) is 14.2 Å². The summed E-state index contributed by atoms with van der Waals surface area (Å²) in [5, 5.41) is 9.16. The minimum Gasteiger partial charge on any atom is -0.496 e. The molecule has 0 aliphatic carbocycles. The van der Waals surface area contributed by atoms with Crippen LogP contribution in [-0.2, 0) is 11.2 Å². The highest BCUT2D eigenvalue weighted by atomic mass is 16.5. The third kappa shape index (κ3) is 3.53. The molecule has 3 nitrogen and oxygen atoms in total. The van der Waals surface area contributed by atoms with Gasteiger partial charge in [0.25, 0.3) is 0 Å². The average Bonchev–Trinajstić information content (AvgIpc) is 2.29. The normalized spacial score (nSPS) is 12.5. The van der Waals surface area contributed by atoms with Crippen LogP contribution in [0.1, 0.15) is 5.56 Å². The zero-order chi connectivity index (χ0) is 11.1. The van der Waals surface area contributed by atoms with Gasteiger partial charge in [-0.3, -0.25) is 0 Å². The molecule has 0 bridgehead atoms. The van der Waals surface area contributed by atoms with Crippen molar-refractivity contribution in [2.45, 2.75) is 6.42 Å². The number of rotatable bonds is 6. The molecule has 0 spiro atoms. The van der Waals surface area contributed by atoms with Gasteiger partial charge in [0.2, 0.25) is 0 Å². The van der Waals surface area contributed by atoms with Crippen molar-refractivity contribution in [2.75, 3.05) is 27.4 Å². The molecule has 0 fully saturated rings. The lowest BCUT2D eigenvalue weighted by Gasteiger charge is -2.15. The number of ether oxygens (including phenoxy) is 2. The van der Waals surface area contributed by atoms with Crippen LogP contribution in [0.2, 0.25) is 0 Å². The van der Waals surface area contributed by atoms with Gasteiger partial charge >= 0.3 is 0 Å². The second-order valence-electron chi connectivity index (χ2n) is 3.52. The van der Waals surface area contributed by atoms with Crippen molar-refractivity contribution < 1.29 is 14.6 Å². The van der Waals surface area contributed by atoms with Crippen LogP contribution in [0.25, 0.3) is 0 Å². The van der Waals surface area contributed by atoms with E-state index in [2.05, 4.69) is 0 Å². The Morgan fingerprint density at radius 2 is 2.00 bits per heavy atom. The summed E-state index contributed by atoms with van der Waals surface area (Å²) in [6.07, 6.45) is 0.772. The lowest BCUT2D eigenvalue weighted by Crippen LogP contribution is -2.16. The maximum Gasteiger partial charge on any atom is 0.122 e. The number of hydrogen-bond acceptors (Lipinski definition) is 3. The second kappa shape index (κ2) is 6.43. The van der Waals surface area contributed by atoms with Crippen LogP contribution < -0.4 is 4.74 Å². The minimum absolute atomic E-state index is 0.131. The Morgan fingerprint density at radius 1 is 1.27 bits per heavy atom. The van der Waals surface area contributed by atoms with Crippen LogP contribution >= 0.6 is 0 Å². The fourth-order valence-electron chi connectivity index (χ4n) is 1.59. The highest BCUT2D eigenvalue weighted by Gasteiger charge is 2.11. The lowest BCUT2D eigenvalue weighted by molar-refractivity contribution is 0.110. The standard InChI is InChI=1S/C12H18O3/c1-14-9-10(8-13)7-11-5-3-4-6-12(11)15-2/h3-6,10,13H,7-9H2,1-2H3. The van der Waals surface area contributed by atoms with Crippen LogP contribution in [0.3, 0.4) is 0 Å². The smallest absolute Gasteiger partial charge is 0.122 e.